The van der Waals surface area contributed by atoms with E-state index in [0.717, 1.165) is 25.0 Å². The fourth-order valence-electron chi connectivity index (χ4n) is 2.22. The van der Waals surface area contributed by atoms with Crippen LogP contribution < -0.4 is 5.32 Å². The monoisotopic (exact) mass is 249 g/mol. The molecule has 0 aromatic heterocycles. The molecule has 0 bridgehead atoms. The van der Waals surface area contributed by atoms with Gasteiger partial charge in [0.05, 0.1) is 11.7 Å². The lowest BCUT2D eigenvalue weighted by Crippen LogP contribution is -2.36. The third-order valence-corrected chi connectivity index (χ3v) is 3.32. The highest BCUT2D eigenvalue weighted by molar-refractivity contribution is 5.87. The van der Waals surface area contributed by atoms with Crippen molar-refractivity contribution in [3.63, 3.8) is 0 Å². The summed E-state index contributed by atoms with van der Waals surface area (Å²) in [7, 11) is 0. The number of ether oxygens (including phenoxy) is 1. The number of nitrogens with one attached hydrogen (secondary N) is 1. The van der Waals surface area contributed by atoms with E-state index in [-0.39, 0.29) is 6.10 Å². The van der Waals surface area contributed by atoms with Crippen LogP contribution in [0.15, 0.2) is 24.3 Å². The summed E-state index contributed by atoms with van der Waals surface area (Å²) < 4.78 is 5.61. The Balaban J connectivity index is 1.89. The van der Waals surface area contributed by atoms with Gasteiger partial charge in [0.1, 0.15) is 0 Å². The standard InChI is InChI=1S/C14H19NO3/c1-10(13-6-3-7-18-13)15-9-11-4-2-5-12(8-11)14(16)17/h2,4-5,8,10,13,15H,3,6-7,9H2,1H3,(H,16,17). The summed E-state index contributed by atoms with van der Waals surface area (Å²) in [5.74, 6) is -0.885. The van der Waals surface area contributed by atoms with Gasteiger partial charge in [0, 0.05) is 19.2 Å². The van der Waals surface area contributed by atoms with Gasteiger partial charge in [-0.05, 0) is 37.5 Å². The quantitative estimate of drug-likeness (QED) is 0.838. The number of aromatic carboxylic acids is 1. The second-order valence-electron chi connectivity index (χ2n) is 4.73. The molecule has 2 unspecified atom stereocenters. The average molecular weight is 249 g/mol. The third kappa shape index (κ3) is 3.31. The predicted molar refractivity (Wildman–Crippen MR) is 68.7 cm³/mol. The van der Waals surface area contributed by atoms with Gasteiger partial charge in [-0.15, -0.1) is 0 Å². The van der Waals surface area contributed by atoms with Gasteiger partial charge < -0.3 is 15.2 Å². The number of carbonyl (C=O) groups is 1. The SMILES string of the molecule is CC(NCc1cccc(C(=O)O)c1)C1CCCO1. The zero-order valence-electron chi connectivity index (χ0n) is 10.6. The van der Waals surface area contributed by atoms with Crippen molar-refractivity contribution in [3.8, 4) is 0 Å². The molecule has 0 amide bonds. The van der Waals surface area contributed by atoms with Crippen LogP contribution in [0, 0.1) is 0 Å². The van der Waals surface area contributed by atoms with Crippen LogP contribution in [0.1, 0.15) is 35.7 Å². The molecule has 1 saturated heterocycles. The van der Waals surface area contributed by atoms with Gasteiger partial charge >= 0.3 is 5.97 Å². The number of hydrogen-bond donors (Lipinski definition) is 2. The molecule has 1 aromatic rings. The first kappa shape index (κ1) is 13.1. The average Bonchev–Trinajstić information content (AvgIpc) is 2.90. The Labute approximate surface area is 107 Å². The smallest absolute Gasteiger partial charge is 0.335 e. The molecule has 18 heavy (non-hydrogen) atoms. The fraction of sp³-hybridized carbons (Fsp3) is 0.500. The maximum atomic E-state index is 10.9. The summed E-state index contributed by atoms with van der Waals surface area (Å²) in [6.45, 7) is 3.63. The first-order valence-electron chi connectivity index (χ1n) is 6.34. The van der Waals surface area contributed by atoms with Gasteiger partial charge in [0.25, 0.3) is 0 Å². The van der Waals surface area contributed by atoms with Crippen LogP contribution in [-0.4, -0.2) is 29.8 Å². The van der Waals surface area contributed by atoms with Crippen molar-refractivity contribution in [2.24, 2.45) is 0 Å². The first-order valence-corrected chi connectivity index (χ1v) is 6.34. The molecule has 4 nitrogen and oxygen atoms in total. The summed E-state index contributed by atoms with van der Waals surface area (Å²) in [5, 5.41) is 12.3. The lowest BCUT2D eigenvalue weighted by Gasteiger charge is -2.20. The van der Waals surface area contributed by atoms with Gasteiger partial charge in [0.15, 0.2) is 0 Å². The molecular formula is C14H19NO3. The molecule has 1 aromatic carbocycles. The lowest BCUT2D eigenvalue weighted by atomic mass is 10.1. The van der Waals surface area contributed by atoms with E-state index in [1.807, 2.05) is 6.07 Å². The number of benzene rings is 1. The summed E-state index contributed by atoms with van der Waals surface area (Å²) in [6, 6.07) is 7.31. The molecule has 0 aliphatic carbocycles. The molecule has 1 aliphatic heterocycles. The third-order valence-electron chi connectivity index (χ3n) is 3.32. The van der Waals surface area contributed by atoms with Crippen LogP contribution in [0.3, 0.4) is 0 Å². The fourth-order valence-corrected chi connectivity index (χ4v) is 2.22. The van der Waals surface area contributed by atoms with Gasteiger partial charge in [-0.2, -0.15) is 0 Å². The molecule has 2 N–H and O–H groups in total. The van der Waals surface area contributed by atoms with Crippen LogP contribution in [-0.2, 0) is 11.3 Å². The van der Waals surface area contributed by atoms with Crippen molar-refractivity contribution in [3.05, 3.63) is 35.4 Å². The number of rotatable bonds is 5. The molecule has 0 saturated carbocycles. The summed E-state index contributed by atoms with van der Waals surface area (Å²) in [5.41, 5.74) is 1.32. The number of carboxylic acids is 1. The minimum atomic E-state index is -0.885. The maximum Gasteiger partial charge on any atom is 0.335 e. The molecule has 1 aliphatic rings. The van der Waals surface area contributed by atoms with Crippen LogP contribution >= 0.6 is 0 Å². The van der Waals surface area contributed by atoms with Crippen LogP contribution in [0.25, 0.3) is 0 Å². The molecule has 4 heteroatoms. The normalized spacial score (nSPS) is 20.8. The van der Waals surface area contributed by atoms with E-state index in [9.17, 15) is 4.79 Å². The Morgan fingerprint density at radius 1 is 1.61 bits per heavy atom. The highest BCUT2D eigenvalue weighted by Crippen LogP contribution is 2.16. The lowest BCUT2D eigenvalue weighted by molar-refractivity contribution is 0.0696. The highest BCUT2D eigenvalue weighted by atomic mass is 16.5. The second-order valence-corrected chi connectivity index (χ2v) is 4.73. The van der Waals surface area contributed by atoms with Gasteiger partial charge in [-0.1, -0.05) is 12.1 Å². The van der Waals surface area contributed by atoms with E-state index in [2.05, 4.69) is 12.2 Å². The largest absolute Gasteiger partial charge is 0.478 e. The number of carboxylic acid groups (broad SMARTS) is 1. The van der Waals surface area contributed by atoms with Crippen LogP contribution in [0.5, 0.6) is 0 Å². The Morgan fingerprint density at radius 3 is 3.11 bits per heavy atom. The Bertz CT molecular complexity index is 413. The minimum Gasteiger partial charge on any atom is -0.478 e. The van der Waals surface area contributed by atoms with E-state index >= 15 is 0 Å². The topological polar surface area (TPSA) is 58.6 Å². The van der Waals surface area contributed by atoms with Crippen molar-refractivity contribution >= 4 is 5.97 Å². The van der Waals surface area contributed by atoms with Crippen LogP contribution in [0.4, 0.5) is 0 Å². The first-order chi connectivity index (χ1) is 8.66. The van der Waals surface area contributed by atoms with Crippen molar-refractivity contribution in [2.75, 3.05) is 6.61 Å². The summed E-state index contributed by atoms with van der Waals surface area (Å²) >= 11 is 0. The molecule has 2 rings (SSSR count). The van der Waals surface area contributed by atoms with Crippen molar-refractivity contribution in [1.29, 1.82) is 0 Å². The molecule has 2 atom stereocenters. The Morgan fingerprint density at radius 2 is 2.44 bits per heavy atom. The molecule has 1 heterocycles. The maximum absolute atomic E-state index is 10.9. The van der Waals surface area contributed by atoms with E-state index in [4.69, 9.17) is 9.84 Å². The zero-order valence-corrected chi connectivity index (χ0v) is 10.6. The molecule has 0 radical (unpaired) electrons. The molecule has 1 fully saturated rings. The molecule has 0 spiro atoms. The van der Waals surface area contributed by atoms with Gasteiger partial charge in [0.2, 0.25) is 0 Å². The van der Waals surface area contributed by atoms with Crippen LogP contribution in [0.2, 0.25) is 0 Å². The Kier molecular flexibility index (Phi) is 4.33. The van der Waals surface area contributed by atoms with Gasteiger partial charge in [-0.3, -0.25) is 0 Å². The van der Waals surface area contributed by atoms with Crippen molar-refractivity contribution in [1.82, 2.24) is 5.32 Å². The van der Waals surface area contributed by atoms with Gasteiger partial charge in [-0.25, -0.2) is 4.79 Å². The van der Waals surface area contributed by atoms with E-state index in [0.29, 0.717) is 18.2 Å². The van der Waals surface area contributed by atoms with Crippen molar-refractivity contribution in [2.45, 2.75) is 38.5 Å². The predicted octanol–water partition coefficient (Wildman–Crippen LogP) is 2.04. The Hall–Kier alpha value is -1.39. The summed E-state index contributed by atoms with van der Waals surface area (Å²) in [6.07, 6.45) is 2.52. The zero-order chi connectivity index (χ0) is 13.0. The molecule has 98 valence electrons. The van der Waals surface area contributed by atoms with E-state index in [1.54, 1.807) is 18.2 Å². The second kappa shape index (κ2) is 5.98. The molecular weight excluding hydrogens is 230 g/mol. The number of hydrogen-bond acceptors (Lipinski definition) is 3. The minimum absolute atomic E-state index is 0.285. The highest BCUT2D eigenvalue weighted by Gasteiger charge is 2.21. The van der Waals surface area contributed by atoms with E-state index < -0.39 is 5.97 Å². The van der Waals surface area contributed by atoms with E-state index in [1.165, 1.54) is 0 Å². The van der Waals surface area contributed by atoms with Crippen molar-refractivity contribution < 1.29 is 14.6 Å². The summed E-state index contributed by atoms with van der Waals surface area (Å²) in [4.78, 5) is 10.9.